The van der Waals surface area contributed by atoms with Crippen molar-refractivity contribution in [1.82, 2.24) is 4.48 Å². The molecule has 0 fully saturated rings. The molecule has 1 amide bonds. The highest BCUT2D eigenvalue weighted by Crippen LogP contribution is 2.43. The summed E-state index contributed by atoms with van der Waals surface area (Å²) in [6, 6.07) is 28.1. The molecule has 0 spiro atoms. The molecule has 2 heteroatoms. The number of amides is 1. The van der Waals surface area contributed by atoms with E-state index in [2.05, 4.69) is 19.1 Å². The Morgan fingerprint density at radius 1 is 0.652 bits per heavy atom. The number of carbonyl (C=O) groups is 1. The molecule has 2 nitrogen and oxygen atoms in total. The molecule has 0 aliphatic carbocycles. The Hall–Kier alpha value is -2.71. The Balaban J connectivity index is 2.36. The molecule has 3 rings (SSSR count). The van der Waals surface area contributed by atoms with Gasteiger partial charge >= 0.3 is 5.91 Å². The molecule has 0 N–H and O–H groups in total. The second-order valence-corrected chi connectivity index (χ2v) is 5.70. The van der Waals surface area contributed by atoms with E-state index in [0.29, 0.717) is 0 Å². The number of carbonyl (C=O) groups excluding carboxylic acids is 1. The summed E-state index contributed by atoms with van der Waals surface area (Å²) in [6.07, 6.45) is 0. The van der Waals surface area contributed by atoms with Crippen LogP contribution in [0.1, 0.15) is 12.5 Å². The average molecular weight is 302 g/mol. The number of aryl methyl sites for hydroxylation is 1. The van der Waals surface area contributed by atoms with E-state index >= 15 is 0 Å². The largest absolute Gasteiger partial charge is 0.325 e. The fourth-order valence-corrected chi connectivity index (χ4v) is 3.06. The highest BCUT2D eigenvalue weighted by atomic mass is 16.2. The van der Waals surface area contributed by atoms with E-state index in [1.165, 1.54) is 5.56 Å². The summed E-state index contributed by atoms with van der Waals surface area (Å²) >= 11 is 0. The molecule has 0 saturated carbocycles. The molecule has 0 bridgehead atoms. The summed E-state index contributed by atoms with van der Waals surface area (Å²) in [5.74, 6) is 0.0613. The molecule has 0 aliphatic heterocycles. The van der Waals surface area contributed by atoms with Gasteiger partial charge in [-0.05, 0) is 6.92 Å². The van der Waals surface area contributed by atoms with Gasteiger partial charge in [-0.2, -0.15) is 4.48 Å². The van der Waals surface area contributed by atoms with Crippen LogP contribution in [-0.4, -0.2) is 5.91 Å². The van der Waals surface area contributed by atoms with Gasteiger partial charge in [0.15, 0.2) is 17.1 Å². The minimum absolute atomic E-state index is 0.0613. The van der Waals surface area contributed by atoms with Gasteiger partial charge in [0, 0.05) is 36.4 Å². The van der Waals surface area contributed by atoms with Crippen LogP contribution in [0.25, 0.3) is 0 Å². The predicted octanol–water partition coefficient (Wildman–Crippen LogP) is 5.51. The van der Waals surface area contributed by atoms with Gasteiger partial charge in [-0.3, -0.25) is 0 Å². The average Bonchev–Trinajstić information content (AvgIpc) is 2.59. The van der Waals surface area contributed by atoms with Crippen molar-refractivity contribution >= 4 is 23.0 Å². The first-order valence-corrected chi connectivity index (χ1v) is 7.74. The van der Waals surface area contributed by atoms with Crippen LogP contribution in [0.4, 0.5) is 17.1 Å². The molecule has 3 aromatic rings. The van der Waals surface area contributed by atoms with Crippen LogP contribution in [0.5, 0.6) is 0 Å². The fraction of sp³-hybridized carbons (Fsp3) is 0.0952. The van der Waals surface area contributed by atoms with Gasteiger partial charge in [0.05, 0.1) is 6.92 Å². The second-order valence-electron chi connectivity index (χ2n) is 5.70. The molecule has 0 heterocycles. The van der Waals surface area contributed by atoms with Crippen molar-refractivity contribution in [3.05, 3.63) is 90.5 Å². The van der Waals surface area contributed by atoms with Crippen LogP contribution >= 0.6 is 0 Å². The molecule has 0 unspecified atom stereocenters. The Bertz CT molecular complexity index is 753. The number of benzene rings is 3. The molecule has 0 atom stereocenters. The maximum absolute atomic E-state index is 12.9. The summed E-state index contributed by atoms with van der Waals surface area (Å²) in [4.78, 5) is 12.9. The topological polar surface area (TPSA) is 17.1 Å². The minimum atomic E-state index is 0.0613. The minimum Gasteiger partial charge on any atom is -0.230 e. The van der Waals surface area contributed by atoms with Crippen LogP contribution in [0.15, 0.2) is 84.9 Å². The fourth-order valence-electron chi connectivity index (χ4n) is 3.06. The van der Waals surface area contributed by atoms with E-state index in [1.807, 2.05) is 72.8 Å². The van der Waals surface area contributed by atoms with Gasteiger partial charge in [-0.1, -0.05) is 54.1 Å². The molecule has 0 radical (unpaired) electrons. The molecule has 3 aromatic carbocycles. The maximum Gasteiger partial charge on any atom is 0.325 e. The SMILES string of the molecule is CC(=O)[N+](c1ccccc1)(c1ccccc1)c1ccc(C)cc1. The quantitative estimate of drug-likeness (QED) is 0.583. The Labute approximate surface area is 137 Å². The van der Waals surface area contributed by atoms with Gasteiger partial charge in [-0.15, -0.1) is 0 Å². The van der Waals surface area contributed by atoms with Crippen LogP contribution in [0, 0.1) is 6.92 Å². The van der Waals surface area contributed by atoms with Gasteiger partial charge in [-0.25, -0.2) is 4.79 Å². The zero-order chi connectivity index (χ0) is 16.3. The monoisotopic (exact) mass is 302 g/mol. The number of nitrogens with zero attached hydrogens (tertiary/aromatic N) is 1. The molecule has 114 valence electrons. The second kappa shape index (κ2) is 6.19. The third-order valence-corrected chi connectivity index (χ3v) is 4.18. The molecule has 0 saturated heterocycles. The number of rotatable bonds is 3. The lowest BCUT2D eigenvalue weighted by molar-refractivity contribution is -0.123. The Morgan fingerprint density at radius 3 is 1.43 bits per heavy atom. The van der Waals surface area contributed by atoms with E-state index in [9.17, 15) is 4.79 Å². The lowest BCUT2D eigenvalue weighted by atomic mass is 10.1. The predicted molar refractivity (Wildman–Crippen MR) is 95.9 cm³/mol. The van der Waals surface area contributed by atoms with Gasteiger partial charge in [0.2, 0.25) is 0 Å². The number of quaternary nitrogens is 1. The lowest BCUT2D eigenvalue weighted by Gasteiger charge is -2.33. The third-order valence-electron chi connectivity index (χ3n) is 4.18. The molecule has 23 heavy (non-hydrogen) atoms. The molecular formula is C21H20NO+. The highest BCUT2D eigenvalue weighted by molar-refractivity contribution is 6.00. The smallest absolute Gasteiger partial charge is 0.230 e. The van der Waals surface area contributed by atoms with Gasteiger partial charge < -0.3 is 0 Å². The van der Waals surface area contributed by atoms with E-state index in [4.69, 9.17) is 0 Å². The Kier molecular flexibility index (Phi) is 4.09. The summed E-state index contributed by atoms with van der Waals surface area (Å²) in [5.41, 5.74) is 4.00. The first-order chi connectivity index (χ1) is 11.2. The normalized spacial score (nSPS) is 11.2. The molecular weight excluding hydrogens is 282 g/mol. The van der Waals surface area contributed by atoms with Crippen molar-refractivity contribution in [2.75, 3.05) is 0 Å². The van der Waals surface area contributed by atoms with Crippen molar-refractivity contribution in [3.63, 3.8) is 0 Å². The number of hydrogen-bond donors (Lipinski definition) is 0. The van der Waals surface area contributed by atoms with Crippen LogP contribution in [0.2, 0.25) is 0 Å². The highest BCUT2D eigenvalue weighted by Gasteiger charge is 2.41. The van der Waals surface area contributed by atoms with Crippen molar-refractivity contribution in [3.8, 4) is 0 Å². The van der Waals surface area contributed by atoms with Gasteiger partial charge in [0.25, 0.3) is 0 Å². The first kappa shape index (κ1) is 15.2. The van der Waals surface area contributed by atoms with Crippen molar-refractivity contribution in [1.29, 1.82) is 0 Å². The molecule has 0 aliphatic rings. The lowest BCUT2D eigenvalue weighted by Crippen LogP contribution is -2.43. The number of para-hydroxylation sites is 2. The van der Waals surface area contributed by atoms with E-state index < -0.39 is 0 Å². The zero-order valence-electron chi connectivity index (χ0n) is 13.4. The summed E-state index contributed by atoms with van der Waals surface area (Å²) in [7, 11) is 0. The van der Waals surface area contributed by atoms with Crippen LogP contribution in [0.3, 0.4) is 0 Å². The molecule has 0 aromatic heterocycles. The van der Waals surface area contributed by atoms with Crippen molar-refractivity contribution in [2.45, 2.75) is 13.8 Å². The van der Waals surface area contributed by atoms with Crippen LogP contribution < -0.4 is 4.48 Å². The summed E-state index contributed by atoms with van der Waals surface area (Å²) < 4.78 is 0.0853. The van der Waals surface area contributed by atoms with Crippen molar-refractivity contribution in [2.24, 2.45) is 0 Å². The van der Waals surface area contributed by atoms with Gasteiger partial charge in [0.1, 0.15) is 0 Å². The first-order valence-electron chi connectivity index (χ1n) is 7.74. The van der Waals surface area contributed by atoms with E-state index in [1.54, 1.807) is 6.92 Å². The third kappa shape index (κ3) is 2.58. The number of hydrogen-bond acceptors (Lipinski definition) is 1. The van der Waals surface area contributed by atoms with E-state index in [0.717, 1.165) is 17.1 Å². The summed E-state index contributed by atoms with van der Waals surface area (Å²) in [5, 5.41) is 0. The van der Waals surface area contributed by atoms with Crippen molar-refractivity contribution < 1.29 is 4.79 Å². The Morgan fingerprint density at radius 2 is 1.04 bits per heavy atom. The maximum atomic E-state index is 12.9. The van der Waals surface area contributed by atoms with E-state index in [-0.39, 0.29) is 10.4 Å². The standard InChI is InChI=1S/C21H20NO/c1-17-13-15-21(16-14-17)22(18(2)23,19-9-5-3-6-10-19)20-11-7-4-8-12-20/h3-16H,1-2H3/q+1. The summed E-state index contributed by atoms with van der Waals surface area (Å²) in [6.45, 7) is 3.71. The zero-order valence-corrected chi connectivity index (χ0v) is 13.4. The van der Waals surface area contributed by atoms with Crippen LogP contribution in [-0.2, 0) is 4.79 Å².